The maximum atomic E-state index is 12.3. The minimum atomic E-state index is -0.415. The number of aryl methyl sites for hydroxylation is 1. The quantitative estimate of drug-likeness (QED) is 0.874. The number of H-pyrrole nitrogens is 1. The Bertz CT molecular complexity index is 762. The van der Waals surface area contributed by atoms with E-state index in [1.807, 2.05) is 0 Å². The number of aromatic nitrogens is 3. The van der Waals surface area contributed by atoms with Crippen molar-refractivity contribution in [1.29, 1.82) is 0 Å². The molecule has 1 aliphatic heterocycles. The van der Waals surface area contributed by atoms with Crippen LogP contribution in [0.5, 0.6) is 5.75 Å². The van der Waals surface area contributed by atoms with E-state index < -0.39 is 6.10 Å². The lowest BCUT2D eigenvalue weighted by atomic mass is 10.2. The highest BCUT2D eigenvalue weighted by Crippen LogP contribution is 2.20. The van der Waals surface area contributed by atoms with Gasteiger partial charge in [-0.2, -0.15) is 0 Å². The SMILES string of the molecule is Cc1nc(C2CN(C(=O)COc3cccnc3)CCO2)cc(=O)[nH]1. The van der Waals surface area contributed by atoms with Crippen molar-refractivity contribution < 1.29 is 14.3 Å². The first-order valence-electron chi connectivity index (χ1n) is 7.62. The molecule has 3 rings (SSSR count). The standard InChI is InChI=1S/C16H18N4O4/c1-11-18-13(7-15(21)19-11)14-9-20(5-6-23-14)16(22)10-24-12-3-2-4-17-8-12/h2-4,7-8,14H,5-6,9-10H2,1H3,(H,18,19,21). The van der Waals surface area contributed by atoms with Crippen LogP contribution in [-0.4, -0.2) is 52.1 Å². The van der Waals surface area contributed by atoms with Gasteiger partial charge in [0.25, 0.3) is 11.5 Å². The lowest BCUT2D eigenvalue weighted by molar-refractivity contribution is -0.141. The zero-order chi connectivity index (χ0) is 16.9. The van der Waals surface area contributed by atoms with Gasteiger partial charge >= 0.3 is 0 Å². The molecule has 1 atom stereocenters. The van der Waals surface area contributed by atoms with Crippen LogP contribution in [0.4, 0.5) is 0 Å². The Hall–Kier alpha value is -2.74. The van der Waals surface area contributed by atoms with E-state index in [9.17, 15) is 9.59 Å². The van der Waals surface area contributed by atoms with E-state index in [0.717, 1.165) is 0 Å². The van der Waals surface area contributed by atoms with Crippen LogP contribution >= 0.6 is 0 Å². The molecule has 1 amide bonds. The number of nitrogens with zero attached hydrogens (tertiary/aromatic N) is 3. The van der Waals surface area contributed by atoms with Crippen LogP contribution in [0.2, 0.25) is 0 Å². The minimum Gasteiger partial charge on any atom is -0.482 e. The third kappa shape index (κ3) is 3.96. The van der Waals surface area contributed by atoms with Gasteiger partial charge in [-0.25, -0.2) is 4.98 Å². The van der Waals surface area contributed by atoms with Crippen LogP contribution < -0.4 is 10.3 Å². The zero-order valence-electron chi connectivity index (χ0n) is 13.3. The molecule has 2 aromatic rings. The average Bonchev–Trinajstić information content (AvgIpc) is 2.60. The van der Waals surface area contributed by atoms with Gasteiger partial charge in [-0.1, -0.05) is 0 Å². The number of rotatable bonds is 4. The number of ether oxygens (including phenoxy) is 2. The lowest BCUT2D eigenvalue weighted by Crippen LogP contribution is -2.44. The molecule has 1 unspecified atom stereocenters. The summed E-state index contributed by atoms with van der Waals surface area (Å²) in [7, 11) is 0. The summed E-state index contributed by atoms with van der Waals surface area (Å²) >= 11 is 0. The highest BCUT2D eigenvalue weighted by atomic mass is 16.5. The summed E-state index contributed by atoms with van der Waals surface area (Å²) in [4.78, 5) is 36.4. The Kier molecular flexibility index (Phi) is 4.85. The molecule has 24 heavy (non-hydrogen) atoms. The van der Waals surface area contributed by atoms with Crippen molar-refractivity contribution in [1.82, 2.24) is 19.9 Å². The molecule has 0 bridgehead atoms. The topological polar surface area (TPSA) is 97.4 Å². The molecule has 0 aromatic carbocycles. The summed E-state index contributed by atoms with van der Waals surface area (Å²) in [5, 5.41) is 0. The maximum absolute atomic E-state index is 12.3. The molecule has 2 aromatic heterocycles. The van der Waals surface area contributed by atoms with Crippen molar-refractivity contribution in [3.63, 3.8) is 0 Å². The Morgan fingerprint density at radius 2 is 2.42 bits per heavy atom. The first-order valence-corrected chi connectivity index (χ1v) is 7.62. The van der Waals surface area contributed by atoms with E-state index in [2.05, 4.69) is 15.0 Å². The van der Waals surface area contributed by atoms with E-state index in [4.69, 9.17) is 9.47 Å². The van der Waals surface area contributed by atoms with Gasteiger partial charge in [0.15, 0.2) is 6.61 Å². The smallest absolute Gasteiger partial charge is 0.260 e. The Balaban J connectivity index is 1.62. The van der Waals surface area contributed by atoms with Gasteiger partial charge in [0.1, 0.15) is 17.7 Å². The second-order valence-electron chi connectivity index (χ2n) is 5.43. The van der Waals surface area contributed by atoms with Gasteiger partial charge in [-0.15, -0.1) is 0 Å². The third-order valence-corrected chi connectivity index (χ3v) is 3.63. The fourth-order valence-electron chi connectivity index (χ4n) is 2.49. The number of carbonyl (C=O) groups excluding carboxylic acids is 1. The number of amides is 1. The number of nitrogens with one attached hydrogen (secondary N) is 1. The first kappa shape index (κ1) is 16.1. The molecule has 0 spiro atoms. The number of carbonyl (C=O) groups is 1. The van der Waals surface area contributed by atoms with Gasteiger partial charge in [-0.05, 0) is 19.1 Å². The average molecular weight is 330 g/mol. The van der Waals surface area contributed by atoms with Crippen molar-refractivity contribution in [3.05, 3.63) is 52.5 Å². The molecule has 3 heterocycles. The van der Waals surface area contributed by atoms with Crippen LogP contribution in [0.15, 0.2) is 35.4 Å². The van der Waals surface area contributed by atoms with Crippen molar-refractivity contribution >= 4 is 5.91 Å². The molecule has 1 aliphatic rings. The largest absolute Gasteiger partial charge is 0.482 e. The van der Waals surface area contributed by atoms with Crippen LogP contribution in [0.3, 0.4) is 0 Å². The monoisotopic (exact) mass is 330 g/mol. The van der Waals surface area contributed by atoms with Crippen molar-refractivity contribution in [2.45, 2.75) is 13.0 Å². The van der Waals surface area contributed by atoms with E-state index in [1.54, 1.807) is 36.4 Å². The van der Waals surface area contributed by atoms with Crippen molar-refractivity contribution in [3.8, 4) is 5.75 Å². The Labute approximate surface area is 138 Å². The number of pyridine rings is 1. The van der Waals surface area contributed by atoms with Crippen LogP contribution in [0.1, 0.15) is 17.6 Å². The lowest BCUT2D eigenvalue weighted by Gasteiger charge is -2.32. The molecule has 0 saturated carbocycles. The molecule has 126 valence electrons. The fourth-order valence-corrected chi connectivity index (χ4v) is 2.49. The van der Waals surface area contributed by atoms with Crippen LogP contribution in [0, 0.1) is 6.92 Å². The summed E-state index contributed by atoms with van der Waals surface area (Å²) in [5.41, 5.74) is 0.298. The molecule has 0 radical (unpaired) electrons. The number of aromatic amines is 1. The fraction of sp³-hybridized carbons (Fsp3) is 0.375. The molecule has 1 saturated heterocycles. The predicted molar refractivity (Wildman–Crippen MR) is 84.6 cm³/mol. The van der Waals surface area contributed by atoms with Crippen LogP contribution in [0.25, 0.3) is 0 Å². The van der Waals surface area contributed by atoms with Gasteiger partial charge in [0, 0.05) is 18.8 Å². The van der Waals surface area contributed by atoms with Crippen molar-refractivity contribution in [2.75, 3.05) is 26.3 Å². The van der Waals surface area contributed by atoms with E-state index in [1.165, 1.54) is 6.07 Å². The third-order valence-electron chi connectivity index (χ3n) is 3.63. The molecule has 8 nitrogen and oxygen atoms in total. The summed E-state index contributed by atoms with van der Waals surface area (Å²) in [6.45, 7) is 2.84. The summed E-state index contributed by atoms with van der Waals surface area (Å²) in [6.07, 6.45) is 2.78. The second kappa shape index (κ2) is 7.22. The summed E-state index contributed by atoms with van der Waals surface area (Å²) in [5.74, 6) is 0.917. The minimum absolute atomic E-state index is 0.0692. The van der Waals surface area contributed by atoms with Gasteiger partial charge in [-0.3, -0.25) is 14.6 Å². The van der Waals surface area contributed by atoms with Crippen LogP contribution in [-0.2, 0) is 9.53 Å². The number of hydrogen-bond donors (Lipinski definition) is 1. The normalized spacial score (nSPS) is 17.5. The van der Waals surface area contributed by atoms with E-state index in [0.29, 0.717) is 37.0 Å². The van der Waals surface area contributed by atoms with Gasteiger partial charge in [0.05, 0.1) is 25.0 Å². The molecule has 8 heteroatoms. The first-order chi connectivity index (χ1) is 11.6. The molecule has 0 aliphatic carbocycles. The highest BCUT2D eigenvalue weighted by Gasteiger charge is 2.27. The predicted octanol–water partition coefficient (Wildman–Crippen LogP) is 0.452. The van der Waals surface area contributed by atoms with E-state index >= 15 is 0 Å². The molecule has 1 N–H and O–H groups in total. The second-order valence-corrected chi connectivity index (χ2v) is 5.43. The summed E-state index contributed by atoms with van der Waals surface area (Å²) < 4.78 is 11.1. The highest BCUT2D eigenvalue weighted by molar-refractivity contribution is 5.77. The Morgan fingerprint density at radius 3 is 3.17 bits per heavy atom. The molecular formula is C16H18N4O4. The Morgan fingerprint density at radius 1 is 1.54 bits per heavy atom. The maximum Gasteiger partial charge on any atom is 0.260 e. The molecular weight excluding hydrogens is 312 g/mol. The summed E-state index contributed by atoms with van der Waals surface area (Å²) in [6, 6.07) is 4.88. The van der Waals surface area contributed by atoms with Gasteiger partial charge < -0.3 is 19.4 Å². The van der Waals surface area contributed by atoms with E-state index in [-0.39, 0.29) is 18.1 Å². The van der Waals surface area contributed by atoms with Gasteiger partial charge in [0.2, 0.25) is 0 Å². The zero-order valence-corrected chi connectivity index (χ0v) is 13.3. The molecule has 1 fully saturated rings. The number of hydrogen-bond acceptors (Lipinski definition) is 6. The number of morpholine rings is 1. The van der Waals surface area contributed by atoms with Crippen molar-refractivity contribution in [2.24, 2.45) is 0 Å².